The molecule has 0 aliphatic carbocycles. The summed E-state index contributed by atoms with van der Waals surface area (Å²) in [6.07, 6.45) is 0. The average molecular weight is 245 g/mol. The van der Waals surface area contributed by atoms with Crippen LogP contribution < -0.4 is 5.32 Å². The molecule has 1 aliphatic rings. The molecule has 5 nitrogen and oxygen atoms in total. The standard InChI is InChI=1S/C12H23NO4/c1-8(2)10(11(14)15-5)13-9-6-16-12(3,4)17-7-9/h8-10,13H,6-7H2,1-5H3. The van der Waals surface area contributed by atoms with Crippen LogP contribution in [0.2, 0.25) is 0 Å². The molecule has 1 saturated heterocycles. The van der Waals surface area contributed by atoms with Gasteiger partial charge in [-0.2, -0.15) is 0 Å². The van der Waals surface area contributed by atoms with E-state index in [2.05, 4.69) is 5.32 Å². The summed E-state index contributed by atoms with van der Waals surface area (Å²) in [6.45, 7) is 8.78. The molecule has 0 spiro atoms. The van der Waals surface area contributed by atoms with E-state index in [4.69, 9.17) is 14.2 Å². The molecule has 100 valence electrons. The van der Waals surface area contributed by atoms with Crippen LogP contribution in [-0.2, 0) is 19.0 Å². The zero-order valence-electron chi connectivity index (χ0n) is 11.3. The zero-order valence-corrected chi connectivity index (χ0v) is 11.3. The highest BCUT2D eigenvalue weighted by Gasteiger charge is 2.32. The van der Waals surface area contributed by atoms with Crippen LogP contribution in [0.4, 0.5) is 0 Å². The quantitative estimate of drug-likeness (QED) is 0.747. The Morgan fingerprint density at radius 1 is 1.35 bits per heavy atom. The Hall–Kier alpha value is -0.650. The van der Waals surface area contributed by atoms with Gasteiger partial charge in [0, 0.05) is 0 Å². The highest BCUT2D eigenvalue weighted by Crippen LogP contribution is 2.18. The lowest BCUT2D eigenvalue weighted by atomic mass is 10.0. The Bertz CT molecular complexity index is 255. The molecule has 0 saturated carbocycles. The van der Waals surface area contributed by atoms with E-state index >= 15 is 0 Å². The molecule has 1 unspecified atom stereocenters. The number of nitrogens with one attached hydrogen (secondary N) is 1. The summed E-state index contributed by atoms with van der Waals surface area (Å²) in [5, 5.41) is 3.22. The second-order valence-electron chi connectivity index (χ2n) is 5.13. The fraction of sp³-hybridized carbons (Fsp3) is 0.917. The van der Waals surface area contributed by atoms with Gasteiger partial charge in [-0.15, -0.1) is 0 Å². The van der Waals surface area contributed by atoms with E-state index in [-0.39, 0.29) is 24.0 Å². The van der Waals surface area contributed by atoms with Crippen molar-refractivity contribution in [2.24, 2.45) is 5.92 Å². The van der Waals surface area contributed by atoms with E-state index in [1.165, 1.54) is 7.11 Å². The minimum absolute atomic E-state index is 0.0227. The maximum Gasteiger partial charge on any atom is 0.323 e. The number of esters is 1. The third-order valence-electron chi connectivity index (χ3n) is 2.80. The van der Waals surface area contributed by atoms with Crippen molar-refractivity contribution >= 4 is 5.97 Å². The molecule has 17 heavy (non-hydrogen) atoms. The lowest BCUT2D eigenvalue weighted by molar-refractivity contribution is -0.253. The molecule has 1 heterocycles. The number of carbonyl (C=O) groups excluding carboxylic acids is 1. The molecule has 1 aliphatic heterocycles. The maximum atomic E-state index is 11.6. The van der Waals surface area contributed by atoms with E-state index in [1.807, 2.05) is 27.7 Å². The van der Waals surface area contributed by atoms with Gasteiger partial charge >= 0.3 is 5.97 Å². The van der Waals surface area contributed by atoms with Gasteiger partial charge in [-0.3, -0.25) is 10.1 Å². The molecule has 0 bridgehead atoms. The van der Waals surface area contributed by atoms with E-state index < -0.39 is 5.79 Å². The zero-order chi connectivity index (χ0) is 13.1. The Labute approximate surface area is 103 Å². The van der Waals surface area contributed by atoms with Gasteiger partial charge in [0.15, 0.2) is 5.79 Å². The molecule has 1 atom stereocenters. The predicted molar refractivity (Wildman–Crippen MR) is 63.5 cm³/mol. The van der Waals surface area contributed by atoms with E-state index in [0.29, 0.717) is 13.2 Å². The van der Waals surface area contributed by atoms with Gasteiger partial charge in [-0.1, -0.05) is 13.8 Å². The first kappa shape index (κ1) is 14.4. The van der Waals surface area contributed by atoms with Crippen molar-refractivity contribution in [2.45, 2.75) is 45.6 Å². The van der Waals surface area contributed by atoms with Gasteiger partial charge in [-0.25, -0.2) is 0 Å². The topological polar surface area (TPSA) is 56.8 Å². The minimum atomic E-state index is -0.531. The lowest BCUT2D eigenvalue weighted by Gasteiger charge is -2.37. The summed E-state index contributed by atoms with van der Waals surface area (Å²) in [7, 11) is 1.40. The third kappa shape index (κ3) is 4.26. The second-order valence-corrected chi connectivity index (χ2v) is 5.13. The average Bonchev–Trinajstić information content (AvgIpc) is 2.26. The molecule has 1 fully saturated rings. The van der Waals surface area contributed by atoms with Gasteiger partial charge in [-0.05, 0) is 19.8 Å². The van der Waals surface area contributed by atoms with Crippen molar-refractivity contribution in [3.8, 4) is 0 Å². The van der Waals surface area contributed by atoms with Gasteiger partial charge in [0.05, 0.1) is 26.4 Å². The molecule has 0 radical (unpaired) electrons. The molecule has 1 rings (SSSR count). The number of methoxy groups -OCH3 is 1. The largest absolute Gasteiger partial charge is 0.468 e. The normalized spacial score (nSPS) is 22.5. The summed E-state index contributed by atoms with van der Waals surface area (Å²) >= 11 is 0. The van der Waals surface area contributed by atoms with Crippen molar-refractivity contribution in [2.75, 3.05) is 20.3 Å². The molecule has 5 heteroatoms. The van der Waals surface area contributed by atoms with Crippen LogP contribution in [0, 0.1) is 5.92 Å². The van der Waals surface area contributed by atoms with Crippen molar-refractivity contribution in [1.82, 2.24) is 5.32 Å². The molecular weight excluding hydrogens is 222 g/mol. The molecule has 0 aromatic carbocycles. The number of ether oxygens (including phenoxy) is 3. The van der Waals surface area contributed by atoms with Gasteiger partial charge in [0.25, 0.3) is 0 Å². The summed E-state index contributed by atoms with van der Waals surface area (Å²) in [6, 6.07) is -0.298. The lowest BCUT2D eigenvalue weighted by Crippen LogP contribution is -2.55. The minimum Gasteiger partial charge on any atom is -0.468 e. The Kier molecular flexibility index (Phi) is 4.91. The van der Waals surface area contributed by atoms with Gasteiger partial charge < -0.3 is 14.2 Å². The van der Waals surface area contributed by atoms with E-state index in [9.17, 15) is 4.79 Å². The second kappa shape index (κ2) is 5.80. The Balaban J connectivity index is 2.49. The summed E-state index contributed by atoms with van der Waals surface area (Å²) in [5.41, 5.74) is 0. The number of rotatable bonds is 4. The predicted octanol–water partition coefficient (Wildman–Crippen LogP) is 0.925. The number of hydrogen-bond acceptors (Lipinski definition) is 5. The van der Waals surface area contributed by atoms with E-state index in [1.54, 1.807) is 0 Å². The third-order valence-corrected chi connectivity index (χ3v) is 2.80. The van der Waals surface area contributed by atoms with Gasteiger partial charge in [0.2, 0.25) is 0 Å². The first-order valence-corrected chi connectivity index (χ1v) is 5.97. The van der Waals surface area contributed by atoms with Crippen LogP contribution >= 0.6 is 0 Å². The highest BCUT2D eigenvalue weighted by atomic mass is 16.7. The smallest absolute Gasteiger partial charge is 0.323 e. The number of carbonyl (C=O) groups is 1. The molecule has 0 aromatic rings. The fourth-order valence-corrected chi connectivity index (χ4v) is 1.70. The SMILES string of the molecule is COC(=O)C(NC1COC(C)(C)OC1)C(C)C. The van der Waals surface area contributed by atoms with Crippen LogP contribution in [-0.4, -0.2) is 44.2 Å². The maximum absolute atomic E-state index is 11.6. The first-order chi connectivity index (χ1) is 7.85. The van der Waals surface area contributed by atoms with Gasteiger partial charge in [0.1, 0.15) is 6.04 Å². The van der Waals surface area contributed by atoms with Crippen molar-refractivity contribution in [3.63, 3.8) is 0 Å². The fourth-order valence-electron chi connectivity index (χ4n) is 1.70. The Morgan fingerprint density at radius 2 is 1.88 bits per heavy atom. The monoisotopic (exact) mass is 245 g/mol. The highest BCUT2D eigenvalue weighted by molar-refractivity contribution is 5.75. The van der Waals surface area contributed by atoms with Crippen LogP contribution in [0.3, 0.4) is 0 Å². The molecule has 0 amide bonds. The molecule has 1 N–H and O–H groups in total. The summed E-state index contributed by atoms with van der Waals surface area (Å²) < 4.78 is 15.8. The van der Waals surface area contributed by atoms with Crippen LogP contribution in [0.25, 0.3) is 0 Å². The van der Waals surface area contributed by atoms with Crippen molar-refractivity contribution in [3.05, 3.63) is 0 Å². The first-order valence-electron chi connectivity index (χ1n) is 5.97. The molecular formula is C12H23NO4. The van der Waals surface area contributed by atoms with Crippen LogP contribution in [0.5, 0.6) is 0 Å². The van der Waals surface area contributed by atoms with Crippen molar-refractivity contribution in [1.29, 1.82) is 0 Å². The molecule has 0 aromatic heterocycles. The van der Waals surface area contributed by atoms with Crippen molar-refractivity contribution < 1.29 is 19.0 Å². The van der Waals surface area contributed by atoms with Crippen LogP contribution in [0.15, 0.2) is 0 Å². The Morgan fingerprint density at radius 3 is 2.29 bits per heavy atom. The van der Waals surface area contributed by atoms with Crippen LogP contribution in [0.1, 0.15) is 27.7 Å². The summed E-state index contributed by atoms with van der Waals surface area (Å²) in [5.74, 6) is -0.612. The number of hydrogen-bond donors (Lipinski definition) is 1. The summed E-state index contributed by atoms with van der Waals surface area (Å²) in [4.78, 5) is 11.6. The van der Waals surface area contributed by atoms with E-state index in [0.717, 1.165) is 0 Å².